The van der Waals surface area contributed by atoms with Crippen LogP contribution in [-0.2, 0) is 0 Å². The average Bonchev–Trinajstić information content (AvgIpc) is 2.59. The molecule has 1 atom stereocenters. The van der Waals surface area contributed by atoms with E-state index in [9.17, 15) is 0 Å². The van der Waals surface area contributed by atoms with Crippen LogP contribution in [0.25, 0.3) is 10.9 Å². The molecular formula is C11H14N2O. The summed E-state index contributed by atoms with van der Waals surface area (Å²) in [6.45, 7) is 4.11. The number of aryl methyl sites for hydroxylation is 1. The average molecular weight is 190 g/mol. The Hall–Kier alpha value is -1.35. The van der Waals surface area contributed by atoms with E-state index in [2.05, 4.69) is 36.5 Å². The maximum atomic E-state index is 5.31. The first-order valence-corrected chi connectivity index (χ1v) is 4.75. The van der Waals surface area contributed by atoms with Gasteiger partial charge in [-0.1, -0.05) is 11.2 Å². The van der Waals surface area contributed by atoms with Gasteiger partial charge < -0.3 is 9.84 Å². The first kappa shape index (κ1) is 9.21. The Morgan fingerprint density at radius 2 is 2.21 bits per heavy atom. The molecule has 2 aromatic rings. The Morgan fingerprint density at radius 3 is 2.93 bits per heavy atom. The molecule has 3 heteroatoms. The van der Waals surface area contributed by atoms with Crippen molar-refractivity contribution in [3.63, 3.8) is 0 Å². The highest BCUT2D eigenvalue weighted by Crippen LogP contribution is 2.24. The molecule has 0 saturated heterocycles. The molecule has 14 heavy (non-hydrogen) atoms. The smallest absolute Gasteiger partial charge is 0.161 e. The fourth-order valence-corrected chi connectivity index (χ4v) is 1.52. The van der Waals surface area contributed by atoms with E-state index >= 15 is 0 Å². The fraction of sp³-hybridized carbons (Fsp3) is 0.364. The van der Waals surface area contributed by atoms with Gasteiger partial charge in [-0.25, -0.2) is 0 Å². The third-order valence-corrected chi connectivity index (χ3v) is 2.49. The third kappa shape index (κ3) is 1.40. The van der Waals surface area contributed by atoms with Crippen molar-refractivity contribution >= 4 is 10.9 Å². The van der Waals surface area contributed by atoms with Gasteiger partial charge in [0.2, 0.25) is 0 Å². The topological polar surface area (TPSA) is 38.1 Å². The maximum absolute atomic E-state index is 5.31. The highest BCUT2D eigenvalue weighted by Gasteiger charge is 2.13. The molecule has 0 fully saturated rings. The summed E-state index contributed by atoms with van der Waals surface area (Å²) < 4.78 is 5.31. The van der Waals surface area contributed by atoms with E-state index in [0.29, 0.717) is 0 Å². The number of fused-ring (bicyclic) bond motifs is 1. The van der Waals surface area contributed by atoms with Crippen molar-refractivity contribution in [2.45, 2.75) is 19.9 Å². The molecule has 0 amide bonds. The minimum atomic E-state index is 0.197. The minimum absolute atomic E-state index is 0.197. The molecule has 0 aliphatic carbocycles. The van der Waals surface area contributed by atoms with Gasteiger partial charge in [0.05, 0.1) is 6.04 Å². The molecule has 1 heterocycles. The van der Waals surface area contributed by atoms with Crippen molar-refractivity contribution in [3.05, 3.63) is 29.5 Å². The Morgan fingerprint density at radius 1 is 1.43 bits per heavy atom. The molecule has 74 valence electrons. The normalized spacial score (nSPS) is 13.4. The maximum Gasteiger partial charge on any atom is 0.161 e. The van der Waals surface area contributed by atoms with Gasteiger partial charge >= 0.3 is 0 Å². The summed E-state index contributed by atoms with van der Waals surface area (Å²) in [5, 5.41) is 8.27. The van der Waals surface area contributed by atoms with E-state index in [0.717, 1.165) is 16.7 Å². The predicted octanol–water partition coefficient (Wildman–Crippen LogP) is 2.42. The number of hydrogen-bond donors (Lipinski definition) is 1. The molecule has 1 aromatic carbocycles. The van der Waals surface area contributed by atoms with Gasteiger partial charge in [0.1, 0.15) is 5.52 Å². The first-order valence-electron chi connectivity index (χ1n) is 4.75. The lowest BCUT2D eigenvalue weighted by Gasteiger charge is -2.04. The van der Waals surface area contributed by atoms with Gasteiger partial charge in [-0.05, 0) is 38.6 Å². The predicted molar refractivity (Wildman–Crippen MR) is 56.2 cm³/mol. The van der Waals surface area contributed by atoms with Crippen LogP contribution in [0.1, 0.15) is 24.3 Å². The zero-order chi connectivity index (χ0) is 10.1. The zero-order valence-electron chi connectivity index (χ0n) is 8.66. The van der Waals surface area contributed by atoms with Crippen LogP contribution in [-0.4, -0.2) is 12.2 Å². The van der Waals surface area contributed by atoms with Crippen LogP contribution in [0.3, 0.4) is 0 Å². The molecule has 1 aromatic heterocycles. The minimum Gasteiger partial charge on any atom is -0.358 e. The monoisotopic (exact) mass is 190 g/mol. The van der Waals surface area contributed by atoms with Gasteiger partial charge in [-0.3, -0.25) is 0 Å². The van der Waals surface area contributed by atoms with Gasteiger partial charge in [0.15, 0.2) is 5.76 Å². The van der Waals surface area contributed by atoms with Crippen LogP contribution in [0.5, 0.6) is 0 Å². The first-order chi connectivity index (χ1) is 6.72. The second kappa shape index (κ2) is 3.42. The Bertz CT molecular complexity index is 447. The quantitative estimate of drug-likeness (QED) is 0.790. The van der Waals surface area contributed by atoms with E-state index in [1.54, 1.807) is 0 Å². The van der Waals surface area contributed by atoms with Crippen LogP contribution >= 0.6 is 0 Å². The Kier molecular flexibility index (Phi) is 2.25. The van der Waals surface area contributed by atoms with Crippen molar-refractivity contribution in [1.82, 2.24) is 10.5 Å². The van der Waals surface area contributed by atoms with Crippen LogP contribution < -0.4 is 5.32 Å². The van der Waals surface area contributed by atoms with Gasteiger partial charge in [-0.15, -0.1) is 0 Å². The van der Waals surface area contributed by atoms with Crippen LogP contribution in [0, 0.1) is 6.92 Å². The number of rotatable bonds is 2. The molecule has 3 nitrogen and oxygen atoms in total. The highest BCUT2D eigenvalue weighted by molar-refractivity contribution is 5.81. The van der Waals surface area contributed by atoms with Crippen molar-refractivity contribution in [1.29, 1.82) is 0 Å². The number of nitrogens with zero attached hydrogens (tertiary/aromatic N) is 1. The summed E-state index contributed by atoms with van der Waals surface area (Å²) in [5.74, 6) is 0.905. The lowest BCUT2D eigenvalue weighted by Crippen LogP contribution is -2.11. The van der Waals surface area contributed by atoms with Gasteiger partial charge in [-0.2, -0.15) is 0 Å². The molecule has 0 spiro atoms. The number of nitrogens with one attached hydrogen (secondary N) is 1. The molecule has 2 rings (SSSR count). The van der Waals surface area contributed by atoms with E-state index in [4.69, 9.17) is 4.52 Å². The molecule has 0 bridgehead atoms. The third-order valence-electron chi connectivity index (χ3n) is 2.49. The summed E-state index contributed by atoms with van der Waals surface area (Å²) in [6.07, 6.45) is 0. The molecular weight excluding hydrogens is 176 g/mol. The SMILES string of the molecule is CNC(C)c1onc2cc(C)ccc12. The van der Waals surface area contributed by atoms with Crippen LogP contribution in [0.4, 0.5) is 0 Å². The summed E-state index contributed by atoms with van der Waals surface area (Å²) in [7, 11) is 1.91. The van der Waals surface area contributed by atoms with Crippen LogP contribution in [0.2, 0.25) is 0 Å². The Balaban J connectivity index is 2.58. The van der Waals surface area contributed by atoms with Crippen molar-refractivity contribution in [3.8, 4) is 0 Å². The summed E-state index contributed by atoms with van der Waals surface area (Å²) in [4.78, 5) is 0. The van der Waals surface area contributed by atoms with Gasteiger partial charge in [0, 0.05) is 5.39 Å². The van der Waals surface area contributed by atoms with Crippen LogP contribution in [0.15, 0.2) is 22.7 Å². The van der Waals surface area contributed by atoms with Crippen molar-refractivity contribution in [2.24, 2.45) is 0 Å². The zero-order valence-corrected chi connectivity index (χ0v) is 8.66. The van der Waals surface area contributed by atoms with E-state index < -0.39 is 0 Å². The number of hydrogen-bond acceptors (Lipinski definition) is 3. The largest absolute Gasteiger partial charge is 0.358 e. The molecule has 0 saturated carbocycles. The molecule has 1 unspecified atom stereocenters. The fourth-order valence-electron chi connectivity index (χ4n) is 1.52. The van der Waals surface area contributed by atoms with E-state index in [-0.39, 0.29) is 6.04 Å². The molecule has 1 N–H and O–H groups in total. The number of aromatic nitrogens is 1. The Labute approximate surface area is 83.1 Å². The molecule has 0 radical (unpaired) electrons. The summed E-state index contributed by atoms with van der Waals surface area (Å²) >= 11 is 0. The van der Waals surface area contributed by atoms with E-state index in [1.165, 1.54) is 5.56 Å². The van der Waals surface area contributed by atoms with Gasteiger partial charge in [0.25, 0.3) is 0 Å². The van der Waals surface area contributed by atoms with Crippen molar-refractivity contribution in [2.75, 3.05) is 7.05 Å². The lowest BCUT2D eigenvalue weighted by molar-refractivity contribution is 0.361. The van der Waals surface area contributed by atoms with E-state index in [1.807, 2.05) is 13.1 Å². The second-order valence-corrected chi connectivity index (χ2v) is 3.58. The highest BCUT2D eigenvalue weighted by atomic mass is 16.5. The second-order valence-electron chi connectivity index (χ2n) is 3.58. The lowest BCUT2D eigenvalue weighted by atomic mass is 10.1. The summed E-state index contributed by atoms with van der Waals surface area (Å²) in [5.41, 5.74) is 2.14. The van der Waals surface area contributed by atoms with Crippen molar-refractivity contribution < 1.29 is 4.52 Å². The standard InChI is InChI=1S/C11H14N2O/c1-7-4-5-9-10(6-7)13-14-11(9)8(2)12-3/h4-6,8,12H,1-3H3. The molecule has 0 aliphatic heterocycles. The molecule has 0 aliphatic rings. The number of benzene rings is 1. The summed E-state index contributed by atoms with van der Waals surface area (Å²) in [6, 6.07) is 6.36.